The molecule has 0 aromatic heterocycles. The first-order chi connectivity index (χ1) is 9.51. The Labute approximate surface area is 117 Å². The zero-order valence-corrected chi connectivity index (χ0v) is 11.3. The van der Waals surface area contributed by atoms with Crippen LogP contribution in [0.25, 0.3) is 0 Å². The minimum absolute atomic E-state index is 0.296. The third kappa shape index (κ3) is 3.14. The molecule has 1 saturated heterocycles. The van der Waals surface area contributed by atoms with Crippen molar-refractivity contribution in [1.29, 1.82) is 5.26 Å². The lowest BCUT2D eigenvalue weighted by molar-refractivity contribution is -0.145. The topological polar surface area (TPSA) is 64.3 Å². The number of nitrogens with zero attached hydrogens (tertiary/aromatic N) is 2. The minimum Gasteiger partial charge on any atom is -0.480 e. The SMILES string of the molecule is CC1CCN(Cc2cc(F)ccc2C#N)C(C(=O)O)C1. The molecule has 0 saturated carbocycles. The van der Waals surface area contributed by atoms with Crippen molar-refractivity contribution in [2.45, 2.75) is 32.4 Å². The number of halogens is 1. The van der Waals surface area contributed by atoms with Gasteiger partial charge in [0.2, 0.25) is 0 Å². The zero-order chi connectivity index (χ0) is 14.7. The van der Waals surface area contributed by atoms with E-state index in [1.165, 1.54) is 18.2 Å². The minimum atomic E-state index is -0.855. The molecule has 1 aliphatic heterocycles. The number of carboxylic acids is 1. The fourth-order valence-electron chi connectivity index (χ4n) is 2.66. The first-order valence-electron chi connectivity index (χ1n) is 6.66. The summed E-state index contributed by atoms with van der Waals surface area (Å²) in [6, 6.07) is 5.46. The summed E-state index contributed by atoms with van der Waals surface area (Å²) in [5.41, 5.74) is 0.947. The third-order valence-corrected chi connectivity index (χ3v) is 3.82. The van der Waals surface area contributed by atoms with E-state index < -0.39 is 17.8 Å². The smallest absolute Gasteiger partial charge is 0.320 e. The normalized spacial score (nSPS) is 23.2. The molecule has 2 atom stereocenters. The van der Waals surface area contributed by atoms with E-state index in [1.54, 1.807) is 0 Å². The standard InChI is InChI=1S/C15H17FN2O2/c1-10-4-5-18(14(6-10)15(19)20)9-12-7-13(16)3-2-11(12)8-17/h2-3,7,10,14H,4-6,9H2,1H3,(H,19,20). The Balaban J connectivity index is 2.22. The summed E-state index contributed by atoms with van der Waals surface area (Å²) < 4.78 is 13.3. The number of carbonyl (C=O) groups is 1. The van der Waals surface area contributed by atoms with Crippen molar-refractivity contribution in [1.82, 2.24) is 4.90 Å². The Hall–Kier alpha value is -1.93. The summed E-state index contributed by atoms with van der Waals surface area (Å²) in [6.45, 7) is 2.99. The van der Waals surface area contributed by atoms with Crippen molar-refractivity contribution < 1.29 is 14.3 Å². The summed E-state index contributed by atoms with van der Waals surface area (Å²) in [4.78, 5) is 13.2. The van der Waals surface area contributed by atoms with Crippen molar-refractivity contribution >= 4 is 5.97 Å². The maximum Gasteiger partial charge on any atom is 0.320 e. The lowest BCUT2D eigenvalue weighted by Gasteiger charge is -2.36. The van der Waals surface area contributed by atoms with Crippen LogP contribution in [0.5, 0.6) is 0 Å². The fourth-order valence-corrected chi connectivity index (χ4v) is 2.66. The van der Waals surface area contributed by atoms with Gasteiger partial charge in [-0.25, -0.2) is 4.39 Å². The van der Waals surface area contributed by atoms with E-state index in [-0.39, 0.29) is 0 Å². The summed E-state index contributed by atoms with van der Waals surface area (Å²) in [5, 5.41) is 18.4. The Bertz CT molecular complexity index is 553. The van der Waals surface area contributed by atoms with Gasteiger partial charge in [-0.3, -0.25) is 9.69 Å². The van der Waals surface area contributed by atoms with E-state index >= 15 is 0 Å². The lowest BCUT2D eigenvalue weighted by atomic mass is 9.91. The third-order valence-electron chi connectivity index (χ3n) is 3.82. The lowest BCUT2D eigenvalue weighted by Crippen LogP contribution is -2.46. The quantitative estimate of drug-likeness (QED) is 0.920. The summed E-state index contributed by atoms with van der Waals surface area (Å²) in [7, 11) is 0. The van der Waals surface area contributed by atoms with Crippen molar-refractivity contribution in [3.63, 3.8) is 0 Å². The molecule has 5 heteroatoms. The van der Waals surface area contributed by atoms with Gasteiger partial charge in [0.05, 0.1) is 11.6 Å². The molecule has 0 radical (unpaired) electrons. The number of piperidine rings is 1. The van der Waals surface area contributed by atoms with Crippen LogP contribution in [0.1, 0.15) is 30.9 Å². The van der Waals surface area contributed by atoms with Gasteiger partial charge in [-0.15, -0.1) is 0 Å². The highest BCUT2D eigenvalue weighted by Crippen LogP contribution is 2.25. The second-order valence-electron chi connectivity index (χ2n) is 5.37. The van der Waals surface area contributed by atoms with Gasteiger partial charge in [0.15, 0.2) is 0 Å². The Morgan fingerprint density at radius 2 is 2.35 bits per heavy atom. The molecular weight excluding hydrogens is 259 g/mol. The van der Waals surface area contributed by atoms with Gasteiger partial charge in [0.25, 0.3) is 0 Å². The molecule has 2 unspecified atom stereocenters. The molecule has 20 heavy (non-hydrogen) atoms. The van der Waals surface area contributed by atoms with Crippen molar-refractivity contribution in [2.24, 2.45) is 5.92 Å². The highest BCUT2D eigenvalue weighted by Gasteiger charge is 2.31. The van der Waals surface area contributed by atoms with Gasteiger partial charge in [-0.05, 0) is 49.1 Å². The van der Waals surface area contributed by atoms with Crippen LogP contribution in [0.4, 0.5) is 4.39 Å². The van der Waals surface area contributed by atoms with Crippen molar-refractivity contribution in [2.75, 3.05) is 6.54 Å². The second kappa shape index (κ2) is 6.02. The molecule has 1 aliphatic rings. The molecule has 0 aliphatic carbocycles. The van der Waals surface area contributed by atoms with Crippen LogP contribution in [0.3, 0.4) is 0 Å². The maximum atomic E-state index is 13.3. The van der Waals surface area contributed by atoms with E-state index in [2.05, 4.69) is 0 Å². The molecule has 1 aromatic carbocycles. The number of hydrogen-bond donors (Lipinski definition) is 1. The molecule has 2 rings (SSSR count). The van der Waals surface area contributed by atoms with Crippen LogP contribution < -0.4 is 0 Å². The first kappa shape index (κ1) is 14.5. The molecule has 1 aromatic rings. The van der Waals surface area contributed by atoms with Gasteiger partial charge < -0.3 is 5.11 Å². The average molecular weight is 276 g/mol. The summed E-state index contributed by atoms with van der Waals surface area (Å²) >= 11 is 0. The molecule has 0 bridgehead atoms. The maximum absolute atomic E-state index is 13.3. The summed E-state index contributed by atoms with van der Waals surface area (Å²) in [6.07, 6.45) is 1.51. The largest absolute Gasteiger partial charge is 0.480 e. The van der Waals surface area contributed by atoms with E-state index in [4.69, 9.17) is 5.26 Å². The number of carboxylic acid groups (broad SMARTS) is 1. The highest BCUT2D eigenvalue weighted by molar-refractivity contribution is 5.73. The molecule has 1 heterocycles. The van der Waals surface area contributed by atoms with Crippen LogP contribution in [0, 0.1) is 23.1 Å². The van der Waals surface area contributed by atoms with Crippen LogP contribution in [0.15, 0.2) is 18.2 Å². The van der Waals surface area contributed by atoms with E-state index in [0.29, 0.717) is 36.6 Å². The molecule has 1 N–H and O–H groups in total. The van der Waals surface area contributed by atoms with E-state index in [9.17, 15) is 14.3 Å². The van der Waals surface area contributed by atoms with E-state index in [0.717, 1.165) is 6.42 Å². The number of hydrogen-bond acceptors (Lipinski definition) is 3. The molecule has 0 amide bonds. The number of nitriles is 1. The molecule has 1 fully saturated rings. The van der Waals surface area contributed by atoms with Crippen LogP contribution in [-0.4, -0.2) is 28.6 Å². The molecule has 106 valence electrons. The van der Waals surface area contributed by atoms with Gasteiger partial charge >= 0.3 is 5.97 Å². The monoisotopic (exact) mass is 276 g/mol. The second-order valence-corrected chi connectivity index (χ2v) is 5.37. The van der Waals surface area contributed by atoms with Crippen molar-refractivity contribution in [3.05, 3.63) is 35.1 Å². The summed E-state index contributed by atoms with van der Waals surface area (Å²) in [5.74, 6) is -0.891. The number of benzene rings is 1. The molecule has 4 nitrogen and oxygen atoms in total. The predicted molar refractivity (Wildman–Crippen MR) is 71.3 cm³/mol. The predicted octanol–water partition coefficient (Wildman–Crippen LogP) is 2.38. The first-order valence-corrected chi connectivity index (χ1v) is 6.66. The Kier molecular flexibility index (Phi) is 4.35. The zero-order valence-electron chi connectivity index (χ0n) is 11.3. The van der Waals surface area contributed by atoms with Crippen LogP contribution in [0.2, 0.25) is 0 Å². The van der Waals surface area contributed by atoms with Gasteiger partial charge in [0.1, 0.15) is 11.9 Å². The van der Waals surface area contributed by atoms with E-state index in [1.807, 2.05) is 17.9 Å². The number of rotatable bonds is 3. The van der Waals surface area contributed by atoms with Gasteiger partial charge in [-0.2, -0.15) is 5.26 Å². The molecule has 0 spiro atoms. The van der Waals surface area contributed by atoms with Crippen molar-refractivity contribution in [3.8, 4) is 6.07 Å². The van der Waals surface area contributed by atoms with Gasteiger partial charge in [0, 0.05) is 6.54 Å². The number of aliphatic carboxylic acids is 1. The fraction of sp³-hybridized carbons (Fsp3) is 0.467. The van der Waals surface area contributed by atoms with Crippen LogP contribution >= 0.6 is 0 Å². The average Bonchev–Trinajstić information content (AvgIpc) is 2.41. The molecular formula is C15H17FN2O2. The number of likely N-dealkylation sites (tertiary alicyclic amines) is 1. The Morgan fingerprint density at radius 3 is 3.00 bits per heavy atom. The van der Waals surface area contributed by atoms with Gasteiger partial charge in [-0.1, -0.05) is 6.92 Å². The highest BCUT2D eigenvalue weighted by atomic mass is 19.1. The Morgan fingerprint density at radius 1 is 1.60 bits per heavy atom. The van der Waals surface area contributed by atoms with Crippen LogP contribution in [-0.2, 0) is 11.3 Å².